The van der Waals surface area contributed by atoms with Crippen LogP contribution in [0.25, 0.3) is 0 Å². The molecule has 3 fully saturated rings. The minimum Gasteiger partial charge on any atom is -0.327 e. The third-order valence-electron chi connectivity index (χ3n) is 5.10. The Hall–Kier alpha value is -0.0800. The first-order valence-corrected chi connectivity index (χ1v) is 7.34. The van der Waals surface area contributed by atoms with Gasteiger partial charge in [-0.3, -0.25) is 0 Å². The highest BCUT2D eigenvalue weighted by Gasteiger charge is 2.36. The lowest BCUT2D eigenvalue weighted by Gasteiger charge is -2.32. The van der Waals surface area contributed by atoms with Crippen molar-refractivity contribution < 1.29 is 0 Å². The highest BCUT2D eigenvalue weighted by Crippen LogP contribution is 2.37. The molecular formula is C14H26N2. The van der Waals surface area contributed by atoms with Crippen LogP contribution in [0.3, 0.4) is 0 Å². The predicted molar refractivity (Wildman–Crippen MR) is 67.3 cm³/mol. The predicted octanol–water partition coefficient (Wildman–Crippen LogP) is 2.38. The maximum atomic E-state index is 6.20. The summed E-state index contributed by atoms with van der Waals surface area (Å²) in [5.74, 6) is 1.91. The molecule has 0 aromatic carbocycles. The van der Waals surface area contributed by atoms with E-state index in [-0.39, 0.29) is 0 Å². The summed E-state index contributed by atoms with van der Waals surface area (Å²) in [7, 11) is 0. The van der Waals surface area contributed by atoms with Crippen molar-refractivity contribution in [1.29, 1.82) is 0 Å². The Morgan fingerprint density at radius 2 is 1.88 bits per heavy atom. The summed E-state index contributed by atoms with van der Waals surface area (Å²) in [6.07, 6.45) is 11.4. The van der Waals surface area contributed by atoms with Gasteiger partial charge in [0.05, 0.1) is 0 Å². The molecule has 0 bridgehead atoms. The zero-order valence-electron chi connectivity index (χ0n) is 10.4. The van der Waals surface area contributed by atoms with Crippen LogP contribution in [-0.2, 0) is 0 Å². The lowest BCUT2D eigenvalue weighted by Crippen LogP contribution is -2.38. The molecule has 0 radical (unpaired) electrons. The van der Waals surface area contributed by atoms with Gasteiger partial charge in [-0.1, -0.05) is 12.8 Å². The van der Waals surface area contributed by atoms with Gasteiger partial charge in [0, 0.05) is 12.1 Å². The normalized spacial score (nSPS) is 37.3. The van der Waals surface area contributed by atoms with Gasteiger partial charge in [-0.25, -0.2) is 0 Å². The summed E-state index contributed by atoms with van der Waals surface area (Å²) in [5, 5.41) is 0. The average molecular weight is 222 g/mol. The fraction of sp³-hybridized carbons (Fsp3) is 1.00. The largest absolute Gasteiger partial charge is 0.327 e. The zero-order valence-corrected chi connectivity index (χ0v) is 10.4. The van der Waals surface area contributed by atoms with E-state index < -0.39 is 0 Å². The van der Waals surface area contributed by atoms with E-state index in [0.717, 1.165) is 17.9 Å². The van der Waals surface area contributed by atoms with Crippen LogP contribution < -0.4 is 5.73 Å². The van der Waals surface area contributed by atoms with Gasteiger partial charge >= 0.3 is 0 Å². The third-order valence-corrected chi connectivity index (χ3v) is 5.10. The fourth-order valence-corrected chi connectivity index (χ4v) is 3.86. The van der Waals surface area contributed by atoms with Crippen molar-refractivity contribution in [2.45, 2.75) is 63.5 Å². The Bertz CT molecular complexity index is 237. The molecule has 1 aliphatic heterocycles. The highest BCUT2D eigenvalue weighted by atomic mass is 15.2. The van der Waals surface area contributed by atoms with Crippen LogP contribution in [0.5, 0.6) is 0 Å². The quantitative estimate of drug-likeness (QED) is 0.791. The van der Waals surface area contributed by atoms with E-state index in [1.165, 1.54) is 64.5 Å². The molecule has 16 heavy (non-hydrogen) atoms. The molecule has 0 amide bonds. The lowest BCUT2D eigenvalue weighted by atomic mass is 9.85. The monoisotopic (exact) mass is 222 g/mol. The van der Waals surface area contributed by atoms with Crippen LogP contribution >= 0.6 is 0 Å². The van der Waals surface area contributed by atoms with E-state index in [2.05, 4.69) is 4.90 Å². The van der Waals surface area contributed by atoms with Crippen LogP contribution in [0.2, 0.25) is 0 Å². The van der Waals surface area contributed by atoms with Gasteiger partial charge < -0.3 is 10.6 Å². The smallest absolute Gasteiger partial charge is 0.0124 e. The molecule has 0 aromatic heterocycles. The number of nitrogens with zero attached hydrogens (tertiary/aromatic N) is 1. The van der Waals surface area contributed by atoms with Crippen molar-refractivity contribution in [3.63, 3.8) is 0 Å². The van der Waals surface area contributed by atoms with Gasteiger partial charge in [-0.05, 0) is 63.5 Å². The first kappa shape index (κ1) is 11.0. The molecule has 0 spiro atoms. The first-order valence-electron chi connectivity index (χ1n) is 7.34. The van der Waals surface area contributed by atoms with Gasteiger partial charge in [0.1, 0.15) is 0 Å². The fourth-order valence-electron chi connectivity index (χ4n) is 3.86. The highest BCUT2D eigenvalue weighted by molar-refractivity contribution is 4.91. The third kappa shape index (κ3) is 2.28. The summed E-state index contributed by atoms with van der Waals surface area (Å²) >= 11 is 0. The summed E-state index contributed by atoms with van der Waals surface area (Å²) in [6, 6.07) is 1.43. The Balaban J connectivity index is 1.47. The second-order valence-corrected chi connectivity index (χ2v) is 6.23. The summed E-state index contributed by atoms with van der Waals surface area (Å²) in [4.78, 5) is 2.76. The van der Waals surface area contributed by atoms with Crippen molar-refractivity contribution >= 4 is 0 Å². The molecule has 2 heteroatoms. The Morgan fingerprint density at radius 3 is 2.69 bits per heavy atom. The Labute approximate surface area is 99.6 Å². The molecule has 2 N–H and O–H groups in total. The number of hydrogen-bond acceptors (Lipinski definition) is 2. The van der Waals surface area contributed by atoms with Crippen LogP contribution in [0.4, 0.5) is 0 Å². The zero-order chi connectivity index (χ0) is 11.0. The SMILES string of the molecule is NC(CCN1CCC2CCCCC21)C1CC1. The minimum absolute atomic E-state index is 0.502. The number of hydrogen-bond donors (Lipinski definition) is 1. The summed E-state index contributed by atoms with van der Waals surface area (Å²) in [6.45, 7) is 2.63. The van der Waals surface area contributed by atoms with Gasteiger partial charge in [0.2, 0.25) is 0 Å². The number of rotatable bonds is 4. The summed E-state index contributed by atoms with van der Waals surface area (Å²) < 4.78 is 0. The molecule has 3 unspecified atom stereocenters. The Morgan fingerprint density at radius 1 is 1.06 bits per heavy atom. The van der Waals surface area contributed by atoms with E-state index >= 15 is 0 Å². The molecule has 3 aliphatic rings. The van der Waals surface area contributed by atoms with E-state index in [9.17, 15) is 0 Å². The summed E-state index contributed by atoms with van der Waals surface area (Å²) in [5.41, 5.74) is 6.20. The topological polar surface area (TPSA) is 29.3 Å². The average Bonchev–Trinajstić information content (AvgIpc) is 3.08. The number of fused-ring (bicyclic) bond motifs is 1. The lowest BCUT2D eigenvalue weighted by molar-refractivity contribution is 0.176. The number of likely N-dealkylation sites (tertiary alicyclic amines) is 1. The second-order valence-electron chi connectivity index (χ2n) is 6.23. The maximum absolute atomic E-state index is 6.20. The van der Waals surface area contributed by atoms with Gasteiger partial charge in [0.15, 0.2) is 0 Å². The van der Waals surface area contributed by atoms with Gasteiger partial charge in [-0.2, -0.15) is 0 Å². The van der Waals surface area contributed by atoms with Gasteiger partial charge in [0.25, 0.3) is 0 Å². The maximum Gasteiger partial charge on any atom is 0.0124 e. The molecule has 1 saturated heterocycles. The standard InChI is InChI=1S/C14H26N2/c15-13(11-5-6-11)8-10-16-9-7-12-3-1-2-4-14(12)16/h11-14H,1-10,15H2. The van der Waals surface area contributed by atoms with Crippen molar-refractivity contribution in [3.05, 3.63) is 0 Å². The van der Waals surface area contributed by atoms with E-state index in [0.29, 0.717) is 6.04 Å². The molecule has 1 heterocycles. The van der Waals surface area contributed by atoms with E-state index in [1.807, 2.05) is 0 Å². The van der Waals surface area contributed by atoms with Crippen LogP contribution in [0, 0.1) is 11.8 Å². The molecule has 0 aromatic rings. The second kappa shape index (κ2) is 4.66. The van der Waals surface area contributed by atoms with E-state index in [4.69, 9.17) is 5.73 Å². The number of nitrogens with two attached hydrogens (primary N) is 1. The van der Waals surface area contributed by atoms with Crippen LogP contribution in [0.15, 0.2) is 0 Å². The van der Waals surface area contributed by atoms with Crippen molar-refractivity contribution in [3.8, 4) is 0 Å². The van der Waals surface area contributed by atoms with Crippen LogP contribution in [0.1, 0.15) is 51.4 Å². The van der Waals surface area contributed by atoms with Crippen molar-refractivity contribution in [1.82, 2.24) is 4.90 Å². The Kier molecular flexibility index (Phi) is 3.21. The van der Waals surface area contributed by atoms with Gasteiger partial charge in [-0.15, -0.1) is 0 Å². The molecule has 2 saturated carbocycles. The minimum atomic E-state index is 0.502. The molecule has 92 valence electrons. The molecule has 2 aliphatic carbocycles. The molecule has 3 rings (SSSR count). The molecule has 3 atom stereocenters. The van der Waals surface area contributed by atoms with E-state index in [1.54, 1.807) is 0 Å². The first-order chi connectivity index (χ1) is 7.84. The van der Waals surface area contributed by atoms with Crippen molar-refractivity contribution in [2.75, 3.05) is 13.1 Å². The molecule has 2 nitrogen and oxygen atoms in total. The molecular weight excluding hydrogens is 196 g/mol. The van der Waals surface area contributed by atoms with Crippen LogP contribution in [-0.4, -0.2) is 30.1 Å². The van der Waals surface area contributed by atoms with Crippen molar-refractivity contribution in [2.24, 2.45) is 17.6 Å².